The molecule has 2 amide bonds. The first-order valence-electron chi connectivity index (χ1n) is 6.37. The number of aliphatic hydroxyl groups excluding tert-OH is 1. The first-order chi connectivity index (χ1) is 8.54. The Morgan fingerprint density at radius 1 is 1.44 bits per heavy atom. The van der Waals surface area contributed by atoms with Crippen LogP contribution in [-0.2, 0) is 4.79 Å². The number of aliphatic carboxylic acids is 1. The Morgan fingerprint density at radius 2 is 2.17 bits per heavy atom. The van der Waals surface area contributed by atoms with Crippen molar-refractivity contribution in [2.45, 2.75) is 25.7 Å². The monoisotopic (exact) mass is 258 g/mol. The number of amides is 2. The van der Waals surface area contributed by atoms with Gasteiger partial charge in [0.05, 0.1) is 6.61 Å². The molecule has 0 spiro atoms. The summed E-state index contributed by atoms with van der Waals surface area (Å²) in [6.45, 7) is 1.63. The van der Waals surface area contributed by atoms with Gasteiger partial charge in [-0.1, -0.05) is 0 Å². The molecule has 0 aromatic carbocycles. The zero-order valence-corrected chi connectivity index (χ0v) is 10.8. The predicted octanol–water partition coefficient (Wildman–Crippen LogP) is 0.607. The third kappa shape index (κ3) is 4.52. The number of carbonyl (C=O) groups excluding carboxylic acids is 1. The second-order valence-corrected chi connectivity index (χ2v) is 4.81. The molecule has 0 aliphatic carbocycles. The van der Waals surface area contributed by atoms with E-state index >= 15 is 0 Å². The fourth-order valence-electron chi connectivity index (χ4n) is 2.29. The lowest BCUT2D eigenvalue weighted by Gasteiger charge is -2.35. The van der Waals surface area contributed by atoms with Gasteiger partial charge in [-0.25, -0.2) is 4.79 Å². The van der Waals surface area contributed by atoms with Gasteiger partial charge in [-0.15, -0.1) is 0 Å². The minimum Gasteiger partial charge on any atom is -0.481 e. The van der Waals surface area contributed by atoms with Gasteiger partial charge in [-0.2, -0.15) is 0 Å². The summed E-state index contributed by atoms with van der Waals surface area (Å²) in [7, 11) is 1.67. The second kappa shape index (κ2) is 7.20. The number of likely N-dealkylation sites (N-methyl/N-ethyl adjacent to an activating group) is 1. The summed E-state index contributed by atoms with van der Waals surface area (Å²) in [4.78, 5) is 25.8. The molecule has 1 saturated heterocycles. The fourth-order valence-corrected chi connectivity index (χ4v) is 2.29. The van der Waals surface area contributed by atoms with Crippen LogP contribution in [0.25, 0.3) is 0 Å². The Balaban J connectivity index is 2.42. The summed E-state index contributed by atoms with van der Waals surface area (Å²) >= 11 is 0. The topological polar surface area (TPSA) is 81.1 Å². The number of carboxylic acids is 1. The van der Waals surface area contributed by atoms with Crippen LogP contribution in [0, 0.1) is 5.92 Å². The normalized spacial score (nSPS) is 19.7. The van der Waals surface area contributed by atoms with E-state index in [4.69, 9.17) is 10.2 Å². The van der Waals surface area contributed by atoms with Crippen molar-refractivity contribution in [3.05, 3.63) is 0 Å². The Hall–Kier alpha value is -1.30. The molecular weight excluding hydrogens is 236 g/mol. The fraction of sp³-hybridized carbons (Fsp3) is 0.833. The summed E-state index contributed by atoms with van der Waals surface area (Å²) in [5.41, 5.74) is 0. The molecule has 1 fully saturated rings. The number of carboxylic acid groups (broad SMARTS) is 1. The lowest BCUT2D eigenvalue weighted by molar-refractivity contribution is -0.137. The van der Waals surface area contributed by atoms with Gasteiger partial charge in [0, 0.05) is 33.1 Å². The van der Waals surface area contributed by atoms with E-state index in [1.807, 2.05) is 0 Å². The van der Waals surface area contributed by atoms with E-state index < -0.39 is 5.97 Å². The predicted molar refractivity (Wildman–Crippen MR) is 66.3 cm³/mol. The van der Waals surface area contributed by atoms with Gasteiger partial charge < -0.3 is 20.0 Å². The second-order valence-electron chi connectivity index (χ2n) is 4.81. The highest BCUT2D eigenvalue weighted by molar-refractivity contribution is 5.74. The first kappa shape index (κ1) is 14.8. The van der Waals surface area contributed by atoms with E-state index in [0.29, 0.717) is 19.5 Å². The highest BCUT2D eigenvalue weighted by Crippen LogP contribution is 2.21. The molecular formula is C12H22N2O4. The van der Waals surface area contributed by atoms with Crippen LogP contribution < -0.4 is 0 Å². The Morgan fingerprint density at radius 3 is 2.78 bits per heavy atom. The molecule has 1 aliphatic rings. The quantitative estimate of drug-likeness (QED) is 0.757. The summed E-state index contributed by atoms with van der Waals surface area (Å²) in [6.07, 6.45) is 2.70. The van der Waals surface area contributed by atoms with Gasteiger partial charge in [0.1, 0.15) is 0 Å². The van der Waals surface area contributed by atoms with Gasteiger partial charge in [-0.3, -0.25) is 4.79 Å². The van der Waals surface area contributed by atoms with Crippen molar-refractivity contribution in [3.8, 4) is 0 Å². The maximum absolute atomic E-state index is 12.0. The van der Waals surface area contributed by atoms with E-state index in [1.165, 1.54) is 4.90 Å². The highest BCUT2D eigenvalue weighted by Gasteiger charge is 2.25. The summed E-state index contributed by atoms with van der Waals surface area (Å²) in [5, 5.41) is 17.5. The highest BCUT2D eigenvalue weighted by atomic mass is 16.4. The number of carbonyl (C=O) groups is 2. The van der Waals surface area contributed by atoms with E-state index in [1.54, 1.807) is 11.9 Å². The van der Waals surface area contributed by atoms with Crippen molar-refractivity contribution in [2.24, 2.45) is 5.92 Å². The van der Waals surface area contributed by atoms with Crippen molar-refractivity contribution in [3.63, 3.8) is 0 Å². The maximum Gasteiger partial charge on any atom is 0.319 e. The van der Waals surface area contributed by atoms with Crippen LogP contribution in [0.1, 0.15) is 25.7 Å². The number of hydrogen-bond acceptors (Lipinski definition) is 3. The number of likely N-dealkylation sites (tertiary alicyclic amines) is 1. The molecule has 0 radical (unpaired) electrons. The maximum atomic E-state index is 12.0. The Labute approximate surface area is 107 Å². The minimum atomic E-state index is -0.782. The standard InChI is InChI=1S/C12H22N2O4/c1-13(7-8-15)12(18)14-6-2-3-10(9-14)4-5-11(16)17/h10,15H,2-9H2,1H3,(H,16,17). The largest absolute Gasteiger partial charge is 0.481 e. The first-order valence-corrected chi connectivity index (χ1v) is 6.37. The molecule has 1 heterocycles. The molecule has 18 heavy (non-hydrogen) atoms. The van der Waals surface area contributed by atoms with E-state index in [-0.39, 0.29) is 25.0 Å². The summed E-state index contributed by atoms with van der Waals surface area (Å²) in [5.74, 6) is -0.503. The van der Waals surface area contributed by atoms with Crippen molar-refractivity contribution in [1.29, 1.82) is 0 Å². The molecule has 1 rings (SSSR count). The molecule has 2 N–H and O–H groups in total. The molecule has 0 aromatic rings. The zero-order chi connectivity index (χ0) is 13.5. The van der Waals surface area contributed by atoms with Gasteiger partial charge in [0.15, 0.2) is 0 Å². The molecule has 6 nitrogen and oxygen atoms in total. The number of nitrogens with zero attached hydrogens (tertiary/aromatic N) is 2. The molecule has 6 heteroatoms. The van der Waals surface area contributed by atoms with Crippen LogP contribution in [-0.4, -0.2) is 65.3 Å². The van der Waals surface area contributed by atoms with Crippen molar-refractivity contribution in [1.82, 2.24) is 9.80 Å². The van der Waals surface area contributed by atoms with Crippen molar-refractivity contribution in [2.75, 3.05) is 33.3 Å². The molecule has 1 unspecified atom stereocenters. The lowest BCUT2D eigenvalue weighted by atomic mass is 9.93. The smallest absolute Gasteiger partial charge is 0.319 e. The SMILES string of the molecule is CN(CCO)C(=O)N1CCCC(CCC(=O)O)C1. The van der Waals surface area contributed by atoms with Gasteiger partial charge >= 0.3 is 12.0 Å². The molecule has 0 saturated carbocycles. The summed E-state index contributed by atoms with van der Waals surface area (Å²) in [6, 6.07) is -0.0796. The Bertz CT molecular complexity index is 296. The number of rotatable bonds is 5. The average Bonchev–Trinajstić information content (AvgIpc) is 2.36. The van der Waals surface area contributed by atoms with Crippen molar-refractivity contribution < 1.29 is 19.8 Å². The molecule has 1 aliphatic heterocycles. The molecule has 1 atom stereocenters. The van der Waals surface area contributed by atoms with Crippen LogP contribution in [0.5, 0.6) is 0 Å². The molecule has 0 aromatic heterocycles. The van der Waals surface area contributed by atoms with Crippen LogP contribution in [0.15, 0.2) is 0 Å². The van der Waals surface area contributed by atoms with Crippen molar-refractivity contribution >= 4 is 12.0 Å². The minimum absolute atomic E-state index is 0.0431. The van der Waals surface area contributed by atoms with Gasteiger partial charge in [0.25, 0.3) is 0 Å². The zero-order valence-electron chi connectivity index (χ0n) is 10.8. The van der Waals surface area contributed by atoms with Crippen LogP contribution >= 0.6 is 0 Å². The van der Waals surface area contributed by atoms with E-state index in [0.717, 1.165) is 19.4 Å². The number of piperidine rings is 1. The van der Waals surface area contributed by atoms with Crippen LogP contribution in [0.4, 0.5) is 4.79 Å². The lowest BCUT2D eigenvalue weighted by Crippen LogP contribution is -2.46. The average molecular weight is 258 g/mol. The van der Waals surface area contributed by atoms with Crippen LogP contribution in [0.3, 0.4) is 0 Å². The van der Waals surface area contributed by atoms with E-state index in [9.17, 15) is 9.59 Å². The van der Waals surface area contributed by atoms with Gasteiger partial charge in [-0.05, 0) is 25.2 Å². The summed E-state index contributed by atoms with van der Waals surface area (Å²) < 4.78 is 0. The third-order valence-corrected chi connectivity index (χ3v) is 3.32. The third-order valence-electron chi connectivity index (χ3n) is 3.32. The Kier molecular flexibility index (Phi) is 5.91. The number of hydrogen-bond donors (Lipinski definition) is 2. The number of urea groups is 1. The molecule has 104 valence electrons. The van der Waals surface area contributed by atoms with E-state index in [2.05, 4.69) is 0 Å². The number of aliphatic hydroxyl groups is 1. The van der Waals surface area contributed by atoms with Gasteiger partial charge in [0.2, 0.25) is 0 Å². The molecule has 0 bridgehead atoms. The van der Waals surface area contributed by atoms with Crippen LogP contribution in [0.2, 0.25) is 0 Å².